The van der Waals surface area contributed by atoms with Gasteiger partial charge in [0.25, 0.3) is 0 Å². The van der Waals surface area contributed by atoms with Crippen molar-refractivity contribution >= 4 is 19.8 Å². The fraction of sp³-hybridized carbons (Fsp3) is 0.718. The van der Waals surface area contributed by atoms with Crippen LogP contribution in [0.1, 0.15) is 328 Å². The number of hydrogen-bond donors (Lipinski definition) is 2. The maximum Gasteiger partial charge on any atom is 0.472 e. The number of hydrogen-bond acceptors (Lipinski definition) is 8. The van der Waals surface area contributed by atoms with E-state index >= 15 is 0 Å². The van der Waals surface area contributed by atoms with Crippen molar-refractivity contribution in [2.75, 3.05) is 26.4 Å². The van der Waals surface area contributed by atoms with Crippen molar-refractivity contribution in [2.45, 2.75) is 335 Å². The molecular formula is C78H136NO8P. The molecule has 0 amide bonds. The van der Waals surface area contributed by atoms with Crippen molar-refractivity contribution in [3.05, 3.63) is 122 Å². The van der Waals surface area contributed by atoms with Crippen LogP contribution in [0.4, 0.5) is 0 Å². The molecule has 3 N–H and O–H groups in total. The summed E-state index contributed by atoms with van der Waals surface area (Å²) in [5.74, 6) is -0.852. The average Bonchev–Trinajstić information content (AvgIpc) is 3.62. The molecule has 88 heavy (non-hydrogen) atoms. The van der Waals surface area contributed by atoms with Crippen molar-refractivity contribution in [1.82, 2.24) is 0 Å². The predicted molar refractivity (Wildman–Crippen MR) is 381 cm³/mol. The van der Waals surface area contributed by atoms with Gasteiger partial charge < -0.3 is 20.1 Å². The van der Waals surface area contributed by atoms with Gasteiger partial charge in [-0.15, -0.1) is 0 Å². The Hall–Kier alpha value is -3.59. The average molecular weight is 1250 g/mol. The zero-order chi connectivity index (χ0) is 63.7. The summed E-state index contributed by atoms with van der Waals surface area (Å²) in [5.41, 5.74) is 5.40. The van der Waals surface area contributed by atoms with Crippen molar-refractivity contribution < 1.29 is 37.6 Å². The number of phosphoric ester groups is 1. The van der Waals surface area contributed by atoms with Gasteiger partial charge in [0.2, 0.25) is 0 Å². The monoisotopic (exact) mass is 1250 g/mol. The van der Waals surface area contributed by atoms with Crippen LogP contribution in [0.2, 0.25) is 0 Å². The van der Waals surface area contributed by atoms with Gasteiger partial charge in [-0.05, 0) is 89.9 Å². The largest absolute Gasteiger partial charge is 0.472 e. The molecule has 0 aliphatic rings. The Morgan fingerprint density at radius 1 is 0.352 bits per heavy atom. The summed E-state index contributed by atoms with van der Waals surface area (Å²) in [5, 5.41) is 0. The van der Waals surface area contributed by atoms with E-state index in [4.69, 9.17) is 24.3 Å². The number of allylic oxidation sites excluding steroid dienone is 20. The molecule has 0 aliphatic heterocycles. The minimum absolute atomic E-state index is 0.0442. The number of unbranched alkanes of at least 4 members (excludes halogenated alkanes) is 35. The summed E-state index contributed by atoms with van der Waals surface area (Å²) in [6.45, 7) is 3.63. The molecule has 0 aliphatic carbocycles. The second-order valence-electron chi connectivity index (χ2n) is 24.1. The van der Waals surface area contributed by atoms with E-state index in [-0.39, 0.29) is 38.6 Å². The van der Waals surface area contributed by atoms with Gasteiger partial charge in [0.15, 0.2) is 6.10 Å². The topological polar surface area (TPSA) is 134 Å². The Bertz CT molecular complexity index is 1860. The molecule has 10 heteroatoms. The van der Waals surface area contributed by atoms with Crippen LogP contribution >= 0.6 is 7.82 Å². The molecule has 506 valence electrons. The molecule has 0 fully saturated rings. The molecule has 0 radical (unpaired) electrons. The molecule has 0 saturated carbocycles. The Kier molecular flexibility index (Phi) is 69.5. The molecule has 0 rings (SSSR count). The normalized spacial score (nSPS) is 13.6. The van der Waals surface area contributed by atoms with Gasteiger partial charge in [-0.3, -0.25) is 18.6 Å². The number of phosphoric acid groups is 1. The van der Waals surface area contributed by atoms with Crippen molar-refractivity contribution in [2.24, 2.45) is 5.73 Å². The highest BCUT2D eigenvalue weighted by molar-refractivity contribution is 7.47. The zero-order valence-corrected chi connectivity index (χ0v) is 57.8. The number of nitrogens with two attached hydrogens (primary N) is 1. The summed E-state index contributed by atoms with van der Waals surface area (Å²) >= 11 is 0. The van der Waals surface area contributed by atoms with Gasteiger partial charge in [0.1, 0.15) is 6.61 Å². The van der Waals surface area contributed by atoms with Crippen LogP contribution in [0.5, 0.6) is 0 Å². The van der Waals surface area contributed by atoms with Crippen molar-refractivity contribution in [3.63, 3.8) is 0 Å². The van der Waals surface area contributed by atoms with Crippen LogP contribution in [0, 0.1) is 0 Å². The van der Waals surface area contributed by atoms with Gasteiger partial charge in [-0.1, -0.05) is 347 Å². The third kappa shape index (κ3) is 71.5. The minimum atomic E-state index is -4.41. The highest BCUT2D eigenvalue weighted by Gasteiger charge is 2.26. The number of rotatable bonds is 68. The number of ether oxygens (including phenoxy) is 2. The Balaban J connectivity index is 3.94. The fourth-order valence-corrected chi connectivity index (χ4v) is 11.0. The third-order valence-corrected chi connectivity index (χ3v) is 16.6. The third-order valence-electron chi connectivity index (χ3n) is 15.6. The van der Waals surface area contributed by atoms with E-state index in [1.54, 1.807) is 0 Å². The van der Waals surface area contributed by atoms with Crippen LogP contribution in [-0.4, -0.2) is 49.3 Å². The van der Waals surface area contributed by atoms with E-state index in [1.165, 1.54) is 186 Å². The molecule has 0 aromatic heterocycles. The lowest BCUT2D eigenvalue weighted by atomic mass is 10.0. The van der Waals surface area contributed by atoms with E-state index in [0.717, 1.165) is 109 Å². The molecule has 0 aromatic carbocycles. The zero-order valence-electron chi connectivity index (χ0n) is 56.9. The lowest BCUT2D eigenvalue weighted by Gasteiger charge is -2.19. The van der Waals surface area contributed by atoms with E-state index in [9.17, 15) is 19.0 Å². The van der Waals surface area contributed by atoms with E-state index in [2.05, 4.69) is 135 Å². The first-order chi connectivity index (χ1) is 43.3. The lowest BCUT2D eigenvalue weighted by molar-refractivity contribution is -0.161. The van der Waals surface area contributed by atoms with Gasteiger partial charge >= 0.3 is 19.8 Å². The maximum atomic E-state index is 12.8. The van der Waals surface area contributed by atoms with Gasteiger partial charge in [0.05, 0.1) is 13.2 Å². The molecule has 0 bridgehead atoms. The molecular weight excluding hydrogens is 1110 g/mol. The molecule has 2 atom stereocenters. The smallest absolute Gasteiger partial charge is 0.462 e. The summed E-state index contributed by atoms with van der Waals surface area (Å²) in [6, 6.07) is 0. The molecule has 9 nitrogen and oxygen atoms in total. The fourth-order valence-electron chi connectivity index (χ4n) is 10.3. The molecule has 2 unspecified atom stereocenters. The molecule has 0 aromatic rings. The van der Waals surface area contributed by atoms with Gasteiger partial charge in [-0.2, -0.15) is 0 Å². The van der Waals surface area contributed by atoms with E-state index in [0.29, 0.717) is 6.42 Å². The summed E-state index contributed by atoms with van der Waals surface area (Å²) in [4.78, 5) is 35.4. The van der Waals surface area contributed by atoms with Crippen LogP contribution in [0.3, 0.4) is 0 Å². The second-order valence-corrected chi connectivity index (χ2v) is 25.5. The van der Waals surface area contributed by atoms with E-state index in [1.807, 2.05) is 0 Å². The first-order valence-corrected chi connectivity index (χ1v) is 38.0. The first kappa shape index (κ1) is 84.4. The van der Waals surface area contributed by atoms with E-state index < -0.39 is 26.5 Å². The van der Waals surface area contributed by atoms with Gasteiger partial charge in [-0.25, -0.2) is 4.57 Å². The van der Waals surface area contributed by atoms with Crippen molar-refractivity contribution in [1.29, 1.82) is 0 Å². The number of esters is 2. The van der Waals surface area contributed by atoms with Crippen LogP contribution in [0.25, 0.3) is 0 Å². The molecule has 0 saturated heterocycles. The minimum Gasteiger partial charge on any atom is -0.462 e. The maximum absolute atomic E-state index is 12.8. The second kappa shape index (κ2) is 72.5. The standard InChI is InChI=1S/C78H136NO8P/c1-3-5-7-9-11-13-15-17-19-21-23-25-27-29-31-33-35-37-38-39-41-43-45-47-49-51-53-55-57-59-61-63-65-67-69-71-78(81)87-76(75-86-88(82,83)85-73-72-79)74-84-77(80)70-68-66-64-62-60-58-56-54-52-50-48-46-44-42-40-36-34-32-30-28-26-24-22-20-18-16-14-12-10-8-6-4-2/h5,7,11,13,17,19,23,25,29,31,35,37,39,41,45,47,51,53,57,59,76H,3-4,6,8-10,12,14-16,18,20-22,24,26-28,30,32-34,36,38,40,42-44,46,48-50,52,54-56,58,60-75,79H2,1-2H3,(H,82,83)/b7-5-,13-11-,19-17-,25-23-,31-29-,37-35-,41-39-,47-45-,53-51-,59-57-. The summed E-state index contributed by atoms with van der Waals surface area (Å²) < 4.78 is 33.2. The number of carbonyl (C=O) groups is 2. The molecule has 0 heterocycles. The van der Waals surface area contributed by atoms with Crippen molar-refractivity contribution in [3.8, 4) is 0 Å². The van der Waals surface area contributed by atoms with Crippen LogP contribution in [-0.2, 0) is 32.7 Å². The Labute approximate surface area is 542 Å². The predicted octanol–water partition coefficient (Wildman–Crippen LogP) is 24.3. The Morgan fingerprint density at radius 2 is 0.625 bits per heavy atom. The lowest BCUT2D eigenvalue weighted by Crippen LogP contribution is -2.29. The summed E-state index contributed by atoms with van der Waals surface area (Å²) in [7, 11) is -4.41. The highest BCUT2D eigenvalue weighted by Crippen LogP contribution is 2.43. The van der Waals surface area contributed by atoms with Crippen LogP contribution < -0.4 is 5.73 Å². The Morgan fingerprint density at radius 3 is 0.932 bits per heavy atom. The highest BCUT2D eigenvalue weighted by atomic mass is 31.2. The first-order valence-electron chi connectivity index (χ1n) is 36.5. The molecule has 0 spiro atoms. The quantitative estimate of drug-likeness (QED) is 0.0264. The van der Waals surface area contributed by atoms with Crippen LogP contribution in [0.15, 0.2) is 122 Å². The summed E-state index contributed by atoms with van der Waals surface area (Å²) in [6.07, 6.45) is 102. The SMILES string of the molecule is CC/C=C\C/C=C\C/C=C\C/C=C\C/C=C\C/C=C\C/C=C\C/C=C\C/C=C\C/C=C\CCCCCCC(=O)OC(COC(=O)CCCCCCCCCCCCCCCCCCCCCCCCCCCCCCCCCC)COP(=O)(O)OCCN. The van der Waals surface area contributed by atoms with Gasteiger partial charge in [0, 0.05) is 19.4 Å². The number of carbonyl (C=O) groups excluding carboxylic acids is 2.